The second kappa shape index (κ2) is 7.60. The summed E-state index contributed by atoms with van der Waals surface area (Å²) in [5, 5.41) is 0. The quantitative estimate of drug-likeness (QED) is 0.684. The van der Waals surface area contributed by atoms with Crippen LogP contribution in [-0.4, -0.2) is 46.7 Å². The Kier molecular flexibility index (Phi) is 5.41. The van der Waals surface area contributed by atoms with Crippen molar-refractivity contribution in [2.75, 3.05) is 14.1 Å². The molecule has 1 aliphatic heterocycles. The van der Waals surface area contributed by atoms with Crippen molar-refractivity contribution < 1.29 is 14.4 Å². The summed E-state index contributed by atoms with van der Waals surface area (Å²) in [6.45, 7) is 0. The lowest BCUT2D eigenvalue weighted by Gasteiger charge is -2.42. The number of carbonyl (C=O) groups is 3. The lowest BCUT2D eigenvalue weighted by molar-refractivity contribution is -0.157. The molecule has 0 unspecified atom stereocenters. The number of aromatic nitrogens is 1. The van der Waals surface area contributed by atoms with Gasteiger partial charge in [0.25, 0.3) is 0 Å². The second-order valence-electron chi connectivity index (χ2n) is 6.75. The Hall–Kier alpha value is -2.54. The van der Waals surface area contributed by atoms with Crippen molar-refractivity contribution >= 4 is 33.8 Å². The maximum absolute atomic E-state index is 13.1. The zero-order valence-electron chi connectivity index (χ0n) is 15.2. The molecular weight excluding hydrogens is 410 g/mol. The average molecular weight is 430 g/mol. The molecule has 0 spiro atoms. The van der Waals surface area contributed by atoms with Crippen LogP contribution in [0.2, 0.25) is 0 Å². The third-order valence-electron chi connectivity index (χ3n) is 5.01. The molecule has 7 heteroatoms. The standard InChI is InChI=1S/C20H20BrN3O3/c1-23-17(25)20(18(26)24(2)19(23)27,10-7-14-8-11-22-12-9-14)13-15-3-5-16(21)6-4-15/h3-6,8-9,11-12H,7,10,13H2,1-2H3. The molecule has 0 atom stereocenters. The van der Waals surface area contributed by atoms with Crippen molar-refractivity contribution in [3.8, 4) is 0 Å². The molecule has 2 heterocycles. The fourth-order valence-electron chi connectivity index (χ4n) is 3.44. The van der Waals surface area contributed by atoms with E-state index < -0.39 is 23.3 Å². The van der Waals surface area contributed by atoms with Gasteiger partial charge < -0.3 is 0 Å². The van der Waals surface area contributed by atoms with E-state index in [1.807, 2.05) is 36.4 Å². The van der Waals surface area contributed by atoms with E-state index >= 15 is 0 Å². The number of pyridine rings is 1. The van der Waals surface area contributed by atoms with Gasteiger partial charge in [-0.2, -0.15) is 0 Å². The highest BCUT2D eigenvalue weighted by Crippen LogP contribution is 2.37. The Morgan fingerprint density at radius 2 is 1.44 bits per heavy atom. The minimum Gasteiger partial charge on any atom is -0.273 e. The first kappa shape index (κ1) is 19.2. The fourth-order valence-corrected chi connectivity index (χ4v) is 3.71. The van der Waals surface area contributed by atoms with Gasteiger partial charge in [-0.25, -0.2) is 4.79 Å². The van der Waals surface area contributed by atoms with Gasteiger partial charge in [0.05, 0.1) is 0 Å². The van der Waals surface area contributed by atoms with Crippen LogP contribution in [0.15, 0.2) is 53.3 Å². The normalized spacial score (nSPS) is 16.8. The van der Waals surface area contributed by atoms with E-state index in [0.29, 0.717) is 12.8 Å². The summed E-state index contributed by atoms with van der Waals surface area (Å²) < 4.78 is 0.919. The molecule has 2 aromatic rings. The van der Waals surface area contributed by atoms with E-state index in [1.54, 1.807) is 12.4 Å². The van der Waals surface area contributed by atoms with E-state index in [4.69, 9.17) is 0 Å². The smallest absolute Gasteiger partial charge is 0.273 e. The van der Waals surface area contributed by atoms with Gasteiger partial charge in [-0.1, -0.05) is 28.1 Å². The van der Waals surface area contributed by atoms with Crippen LogP contribution in [0.1, 0.15) is 17.5 Å². The maximum atomic E-state index is 13.1. The summed E-state index contributed by atoms with van der Waals surface area (Å²) in [6, 6.07) is 10.7. The van der Waals surface area contributed by atoms with Gasteiger partial charge in [-0.05, 0) is 54.7 Å². The zero-order valence-corrected chi connectivity index (χ0v) is 16.8. The molecule has 3 rings (SSSR count). The Balaban J connectivity index is 1.99. The van der Waals surface area contributed by atoms with Crippen LogP contribution in [0.3, 0.4) is 0 Å². The molecular formula is C20H20BrN3O3. The molecule has 27 heavy (non-hydrogen) atoms. The number of barbiturate groups is 1. The van der Waals surface area contributed by atoms with E-state index in [1.165, 1.54) is 14.1 Å². The zero-order chi connectivity index (χ0) is 19.6. The third kappa shape index (κ3) is 3.64. The van der Waals surface area contributed by atoms with Gasteiger partial charge >= 0.3 is 6.03 Å². The number of urea groups is 1. The first-order valence-corrected chi connectivity index (χ1v) is 9.38. The minimum absolute atomic E-state index is 0.241. The Morgan fingerprint density at radius 1 is 0.889 bits per heavy atom. The molecule has 1 saturated heterocycles. The highest BCUT2D eigenvalue weighted by molar-refractivity contribution is 9.10. The second-order valence-corrected chi connectivity index (χ2v) is 7.67. The number of carbonyl (C=O) groups excluding carboxylic acids is 3. The maximum Gasteiger partial charge on any atom is 0.332 e. The van der Waals surface area contributed by atoms with Gasteiger partial charge in [0.1, 0.15) is 5.41 Å². The van der Waals surface area contributed by atoms with Crippen molar-refractivity contribution in [2.24, 2.45) is 5.41 Å². The molecule has 140 valence electrons. The number of imide groups is 2. The van der Waals surface area contributed by atoms with Gasteiger partial charge in [0.15, 0.2) is 0 Å². The molecule has 0 radical (unpaired) electrons. The first-order chi connectivity index (χ1) is 12.8. The monoisotopic (exact) mass is 429 g/mol. The molecule has 6 nitrogen and oxygen atoms in total. The van der Waals surface area contributed by atoms with Gasteiger partial charge in [-0.15, -0.1) is 0 Å². The van der Waals surface area contributed by atoms with Gasteiger partial charge in [0.2, 0.25) is 11.8 Å². The van der Waals surface area contributed by atoms with Crippen LogP contribution in [0.25, 0.3) is 0 Å². The summed E-state index contributed by atoms with van der Waals surface area (Å²) in [5.74, 6) is -0.903. The molecule has 1 aromatic carbocycles. The van der Waals surface area contributed by atoms with Crippen LogP contribution in [0, 0.1) is 5.41 Å². The number of nitrogens with zero attached hydrogens (tertiary/aromatic N) is 3. The summed E-state index contributed by atoms with van der Waals surface area (Å²) in [7, 11) is 2.85. The van der Waals surface area contributed by atoms with Gasteiger partial charge in [0, 0.05) is 31.0 Å². The van der Waals surface area contributed by atoms with Crippen LogP contribution < -0.4 is 0 Å². The molecule has 1 fully saturated rings. The molecule has 0 aliphatic carbocycles. The Bertz CT molecular complexity index is 844. The number of aryl methyl sites for hydroxylation is 1. The van der Waals surface area contributed by atoms with Crippen LogP contribution in [0.4, 0.5) is 4.79 Å². The van der Waals surface area contributed by atoms with Crippen molar-refractivity contribution in [2.45, 2.75) is 19.3 Å². The third-order valence-corrected chi connectivity index (χ3v) is 5.54. The topological polar surface area (TPSA) is 70.6 Å². The number of halogens is 1. The number of hydrogen-bond acceptors (Lipinski definition) is 4. The predicted octanol–water partition coefficient (Wildman–Crippen LogP) is 3.06. The van der Waals surface area contributed by atoms with E-state index in [9.17, 15) is 14.4 Å². The van der Waals surface area contributed by atoms with Crippen LogP contribution in [0.5, 0.6) is 0 Å². The Morgan fingerprint density at radius 3 is 2.00 bits per heavy atom. The molecule has 0 bridgehead atoms. The SMILES string of the molecule is CN1C(=O)N(C)C(=O)C(CCc2ccncc2)(Cc2ccc(Br)cc2)C1=O. The first-order valence-electron chi connectivity index (χ1n) is 8.59. The largest absolute Gasteiger partial charge is 0.332 e. The van der Waals surface area contributed by atoms with Crippen molar-refractivity contribution in [3.63, 3.8) is 0 Å². The van der Waals surface area contributed by atoms with Crippen molar-refractivity contribution in [1.82, 2.24) is 14.8 Å². The highest BCUT2D eigenvalue weighted by Gasteiger charge is 2.54. The number of benzene rings is 1. The molecule has 4 amide bonds. The summed E-state index contributed by atoms with van der Waals surface area (Å²) >= 11 is 3.40. The van der Waals surface area contributed by atoms with Crippen molar-refractivity contribution in [1.29, 1.82) is 0 Å². The number of amides is 4. The summed E-state index contributed by atoms with van der Waals surface area (Å²) in [6.07, 6.45) is 4.45. The van der Waals surface area contributed by atoms with Crippen LogP contribution >= 0.6 is 15.9 Å². The average Bonchev–Trinajstić information content (AvgIpc) is 2.69. The van der Waals surface area contributed by atoms with Crippen molar-refractivity contribution in [3.05, 3.63) is 64.4 Å². The van der Waals surface area contributed by atoms with E-state index in [0.717, 1.165) is 25.4 Å². The molecule has 0 saturated carbocycles. The van der Waals surface area contributed by atoms with Crippen LogP contribution in [-0.2, 0) is 22.4 Å². The molecule has 0 N–H and O–H groups in total. The number of hydrogen-bond donors (Lipinski definition) is 0. The summed E-state index contributed by atoms with van der Waals surface area (Å²) in [4.78, 5) is 44.6. The minimum atomic E-state index is -1.31. The number of rotatable bonds is 5. The fraction of sp³-hybridized carbons (Fsp3) is 0.300. The van der Waals surface area contributed by atoms with E-state index in [2.05, 4.69) is 20.9 Å². The predicted molar refractivity (Wildman–Crippen MR) is 104 cm³/mol. The summed E-state index contributed by atoms with van der Waals surface area (Å²) in [5.41, 5.74) is 0.544. The molecule has 1 aliphatic rings. The Labute approximate surface area is 166 Å². The van der Waals surface area contributed by atoms with Gasteiger partial charge in [-0.3, -0.25) is 24.4 Å². The molecule has 1 aromatic heterocycles. The lowest BCUT2D eigenvalue weighted by Crippen LogP contribution is -2.63. The lowest BCUT2D eigenvalue weighted by atomic mass is 9.73. The highest BCUT2D eigenvalue weighted by atomic mass is 79.9. The van der Waals surface area contributed by atoms with E-state index in [-0.39, 0.29) is 6.42 Å².